The van der Waals surface area contributed by atoms with Crippen molar-refractivity contribution in [2.24, 2.45) is 5.92 Å². The number of benzene rings is 1. The first-order valence-corrected chi connectivity index (χ1v) is 11.9. The summed E-state index contributed by atoms with van der Waals surface area (Å²) in [4.78, 5) is 41.3. The van der Waals surface area contributed by atoms with E-state index in [2.05, 4.69) is 16.6 Å². The van der Waals surface area contributed by atoms with Crippen LogP contribution in [-0.4, -0.2) is 58.2 Å². The van der Waals surface area contributed by atoms with E-state index in [0.29, 0.717) is 17.5 Å². The van der Waals surface area contributed by atoms with Crippen molar-refractivity contribution >= 4 is 17.9 Å². The molecule has 0 aliphatic carbocycles. The Morgan fingerprint density at radius 2 is 1.74 bits per heavy atom. The number of hydrogen-bond donors (Lipinski definition) is 3. The number of rotatable bonds is 9. The summed E-state index contributed by atoms with van der Waals surface area (Å²) in [5.74, 6) is 1.35. The van der Waals surface area contributed by atoms with E-state index in [1.165, 1.54) is 4.90 Å². The second kappa shape index (κ2) is 12.6. The van der Waals surface area contributed by atoms with Crippen LogP contribution in [0.15, 0.2) is 24.3 Å². The first-order valence-electron chi connectivity index (χ1n) is 11.9. The summed E-state index contributed by atoms with van der Waals surface area (Å²) in [5, 5.41) is 15.5. The van der Waals surface area contributed by atoms with Crippen molar-refractivity contribution in [1.29, 1.82) is 0 Å². The van der Waals surface area contributed by atoms with E-state index in [-0.39, 0.29) is 19.1 Å². The van der Waals surface area contributed by atoms with Crippen LogP contribution in [0.3, 0.4) is 0 Å². The Morgan fingerprint density at radius 1 is 1.14 bits per heavy atom. The van der Waals surface area contributed by atoms with Gasteiger partial charge in [0.1, 0.15) is 17.7 Å². The molecule has 0 saturated carbocycles. The van der Waals surface area contributed by atoms with Gasteiger partial charge in [0.25, 0.3) is 0 Å². The molecule has 0 aromatic heterocycles. The maximum absolute atomic E-state index is 13.9. The van der Waals surface area contributed by atoms with E-state index in [4.69, 9.17) is 11.2 Å². The van der Waals surface area contributed by atoms with Gasteiger partial charge in [-0.05, 0) is 59.1 Å². The molecule has 0 saturated heterocycles. The molecule has 3 unspecified atom stereocenters. The van der Waals surface area contributed by atoms with E-state index < -0.39 is 41.1 Å². The lowest BCUT2D eigenvalue weighted by molar-refractivity contribution is -0.144. The molecule has 194 valence electrons. The first-order chi connectivity index (χ1) is 16.1. The van der Waals surface area contributed by atoms with Crippen molar-refractivity contribution in [1.82, 2.24) is 15.5 Å². The second-order valence-corrected chi connectivity index (χ2v) is 10.6. The fourth-order valence-corrected chi connectivity index (χ4v) is 3.53. The van der Waals surface area contributed by atoms with Gasteiger partial charge < -0.3 is 25.4 Å². The van der Waals surface area contributed by atoms with E-state index in [0.717, 1.165) is 0 Å². The number of alkyl carbamates (subject to hydrolysis) is 1. The van der Waals surface area contributed by atoms with E-state index in [9.17, 15) is 19.5 Å². The molecule has 1 aromatic rings. The highest BCUT2D eigenvalue weighted by Crippen LogP contribution is 2.27. The normalized spacial score (nSPS) is 14.2. The SMILES string of the molecule is C#Cc1ccccc1C(C(=O)NC(C)(C)C)N(CCO)C(=O)C(NC(=O)OC(C)(C)C)C(C)CC. The quantitative estimate of drug-likeness (QED) is 0.463. The van der Waals surface area contributed by atoms with E-state index >= 15 is 0 Å². The lowest BCUT2D eigenvalue weighted by Gasteiger charge is -2.37. The van der Waals surface area contributed by atoms with Gasteiger partial charge in [0.05, 0.1) is 6.61 Å². The Labute approximate surface area is 209 Å². The average Bonchev–Trinajstić information content (AvgIpc) is 2.74. The van der Waals surface area contributed by atoms with Crippen LogP contribution in [-0.2, 0) is 14.3 Å². The Hall–Kier alpha value is -3.05. The number of aliphatic hydroxyl groups is 1. The van der Waals surface area contributed by atoms with Crippen LogP contribution in [0.2, 0.25) is 0 Å². The summed E-state index contributed by atoms with van der Waals surface area (Å²) in [6.45, 7) is 13.9. The monoisotopic (exact) mass is 487 g/mol. The molecule has 35 heavy (non-hydrogen) atoms. The number of nitrogens with zero attached hydrogens (tertiary/aromatic N) is 1. The molecule has 0 aliphatic heterocycles. The molecule has 0 radical (unpaired) electrons. The highest BCUT2D eigenvalue weighted by molar-refractivity contribution is 5.93. The smallest absolute Gasteiger partial charge is 0.408 e. The van der Waals surface area contributed by atoms with Crippen molar-refractivity contribution < 1.29 is 24.2 Å². The summed E-state index contributed by atoms with van der Waals surface area (Å²) < 4.78 is 5.37. The zero-order chi connectivity index (χ0) is 27.0. The van der Waals surface area contributed by atoms with Crippen LogP contribution in [0.4, 0.5) is 4.79 Å². The van der Waals surface area contributed by atoms with Crippen LogP contribution in [0, 0.1) is 18.3 Å². The molecule has 8 nitrogen and oxygen atoms in total. The second-order valence-electron chi connectivity index (χ2n) is 10.6. The molecular formula is C27H41N3O5. The average molecular weight is 488 g/mol. The van der Waals surface area contributed by atoms with E-state index in [1.54, 1.807) is 45.0 Å². The topological polar surface area (TPSA) is 108 Å². The number of nitrogens with one attached hydrogen (secondary N) is 2. The number of amides is 3. The summed E-state index contributed by atoms with van der Waals surface area (Å²) >= 11 is 0. The fraction of sp³-hybridized carbons (Fsp3) is 0.593. The van der Waals surface area contributed by atoms with Crippen LogP contribution in [0.25, 0.3) is 0 Å². The van der Waals surface area contributed by atoms with Crippen molar-refractivity contribution in [2.45, 2.75) is 85.0 Å². The lowest BCUT2D eigenvalue weighted by Crippen LogP contribution is -2.57. The van der Waals surface area contributed by atoms with Gasteiger partial charge in [-0.15, -0.1) is 6.42 Å². The maximum Gasteiger partial charge on any atom is 0.408 e. The highest BCUT2D eigenvalue weighted by atomic mass is 16.6. The minimum absolute atomic E-state index is 0.136. The minimum atomic E-state index is -1.12. The Balaban J connectivity index is 3.58. The van der Waals surface area contributed by atoms with Gasteiger partial charge in [0.2, 0.25) is 11.8 Å². The van der Waals surface area contributed by atoms with Crippen LogP contribution < -0.4 is 10.6 Å². The summed E-state index contributed by atoms with van der Waals surface area (Å²) in [6, 6.07) is 4.78. The number of carbonyl (C=O) groups excluding carboxylic acids is 3. The van der Waals surface area contributed by atoms with Gasteiger partial charge in [0.15, 0.2) is 0 Å². The molecule has 0 fully saturated rings. The number of hydrogen-bond acceptors (Lipinski definition) is 5. The molecule has 0 bridgehead atoms. The molecule has 8 heteroatoms. The molecule has 0 spiro atoms. The third kappa shape index (κ3) is 9.25. The van der Waals surface area contributed by atoms with Gasteiger partial charge in [-0.25, -0.2) is 4.79 Å². The van der Waals surface area contributed by atoms with Gasteiger partial charge in [-0.2, -0.15) is 0 Å². The largest absolute Gasteiger partial charge is 0.444 e. The van der Waals surface area contributed by atoms with Crippen molar-refractivity contribution in [3.63, 3.8) is 0 Å². The Bertz CT molecular complexity index is 924. The van der Waals surface area contributed by atoms with Gasteiger partial charge in [-0.1, -0.05) is 44.4 Å². The fourth-order valence-electron chi connectivity index (χ4n) is 3.53. The lowest BCUT2D eigenvalue weighted by atomic mass is 9.93. The number of terminal acetylenes is 1. The predicted molar refractivity (Wildman–Crippen MR) is 136 cm³/mol. The predicted octanol–water partition coefficient (Wildman–Crippen LogP) is 3.38. The molecular weight excluding hydrogens is 446 g/mol. The molecule has 3 N–H and O–H groups in total. The Kier molecular flexibility index (Phi) is 10.8. The highest BCUT2D eigenvalue weighted by Gasteiger charge is 2.39. The molecule has 0 aliphatic rings. The molecule has 1 aromatic carbocycles. The zero-order valence-electron chi connectivity index (χ0n) is 22.3. The van der Waals surface area contributed by atoms with Crippen molar-refractivity contribution in [3.8, 4) is 12.3 Å². The molecule has 0 heterocycles. The van der Waals surface area contributed by atoms with Gasteiger partial charge in [-0.3, -0.25) is 9.59 Å². The molecule has 3 amide bonds. The summed E-state index contributed by atoms with van der Waals surface area (Å²) in [6.07, 6.45) is 5.56. The van der Waals surface area contributed by atoms with Crippen LogP contribution in [0.5, 0.6) is 0 Å². The third-order valence-corrected chi connectivity index (χ3v) is 5.24. The van der Waals surface area contributed by atoms with Crippen molar-refractivity contribution in [2.75, 3.05) is 13.2 Å². The number of aliphatic hydroxyl groups excluding tert-OH is 1. The number of carbonyl (C=O) groups is 3. The minimum Gasteiger partial charge on any atom is -0.444 e. The van der Waals surface area contributed by atoms with Crippen LogP contribution in [0.1, 0.15) is 79.0 Å². The number of ether oxygens (including phenoxy) is 1. The van der Waals surface area contributed by atoms with Gasteiger partial charge in [0, 0.05) is 17.6 Å². The first kappa shape index (κ1) is 30.0. The molecule has 3 atom stereocenters. The molecule has 1 rings (SSSR count). The van der Waals surface area contributed by atoms with Crippen molar-refractivity contribution in [3.05, 3.63) is 35.4 Å². The standard InChI is InChI=1S/C27H41N3O5/c1-10-18(3)21(28-25(34)35-27(7,8)9)24(33)30(16-17-31)22(23(32)29-26(4,5)6)20-15-13-12-14-19(20)11-2/h2,12-15,18,21-22,31H,10,16-17H2,1,3-9H3,(H,28,34)(H,29,32). The van der Waals surface area contributed by atoms with Crippen LogP contribution >= 0.6 is 0 Å². The maximum atomic E-state index is 13.9. The summed E-state index contributed by atoms with van der Waals surface area (Å²) in [7, 11) is 0. The summed E-state index contributed by atoms with van der Waals surface area (Å²) in [5.41, 5.74) is -0.422. The van der Waals surface area contributed by atoms with E-state index in [1.807, 2.05) is 34.6 Å². The zero-order valence-corrected chi connectivity index (χ0v) is 22.3. The van der Waals surface area contributed by atoms with Gasteiger partial charge >= 0.3 is 6.09 Å². The third-order valence-electron chi connectivity index (χ3n) is 5.24. The Morgan fingerprint density at radius 3 is 2.23 bits per heavy atom.